The number of hydrogen-bond acceptors (Lipinski definition) is 8. The highest BCUT2D eigenvalue weighted by Crippen LogP contribution is 2.32. The topological polar surface area (TPSA) is 113 Å². The lowest BCUT2D eigenvalue weighted by Crippen LogP contribution is -2.22. The maximum atomic E-state index is 13.1. The number of aryl methyl sites for hydroxylation is 2. The van der Waals surface area contributed by atoms with E-state index in [-0.39, 0.29) is 17.2 Å². The van der Waals surface area contributed by atoms with Crippen LogP contribution in [0.3, 0.4) is 0 Å². The van der Waals surface area contributed by atoms with Crippen molar-refractivity contribution in [3.8, 4) is 11.5 Å². The van der Waals surface area contributed by atoms with Gasteiger partial charge in [-0.1, -0.05) is 11.8 Å². The van der Waals surface area contributed by atoms with Crippen LogP contribution in [0.25, 0.3) is 5.65 Å². The Kier molecular flexibility index (Phi) is 6.16. The quantitative estimate of drug-likeness (QED) is 0.409. The Hall–Kier alpha value is -3.86. The number of pyridine rings is 1. The molecule has 1 aliphatic rings. The van der Waals surface area contributed by atoms with Gasteiger partial charge in [-0.05, 0) is 43.7 Å². The Bertz CT molecular complexity index is 1500. The van der Waals surface area contributed by atoms with Gasteiger partial charge in [0.05, 0.1) is 5.75 Å². The Morgan fingerprint density at radius 1 is 1.11 bits per heavy atom. The fourth-order valence-electron chi connectivity index (χ4n) is 3.82. The number of hydrogen-bond donors (Lipinski definition) is 1. The summed E-state index contributed by atoms with van der Waals surface area (Å²) in [7, 11) is 1.82. The number of fused-ring (bicyclic) bond motifs is 2. The lowest BCUT2D eigenvalue weighted by atomic mass is 10.1. The van der Waals surface area contributed by atoms with Gasteiger partial charge in [-0.2, -0.15) is 0 Å². The number of carbonyl (C=O) groups excluding carboxylic acids is 1. The van der Waals surface area contributed by atoms with E-state index in [1.165, 1.54) is 11.8 Å². The first-order valence-corrected chi connectivity index (χ1v) is 12.1. The summed E-state index contributed by atoms with van der Waals surface area (Å²) >= 11 is 1.27. The smallest absolute Gasteiger partial charge is 0.261 e. The molecule has 0 radical (unpaired) electrons. The van der Waals surface area contributed by atoms with Crippen molar-refractivity contribution in [2.24, 2.45) is 7.05 Å². The normalized spacial score (nSPS) is 12.7. The summed E-state index contributed by atoms with van der Waals surface area (Å²) in [5.74, 6) is 1.87. The zero-order valence-electron chi connectivity index (χ0n) is 19.6. The number of rotatable bonds is 6. The number of benzene rings is 1. The van der Waals surface area contributed by atoms with Crippen molar-refractivity contribution in [3.05, 3.63) is 69.5 Å². The molecule has 35 heavy (non-hydrogen) atoms. The van der Waals surface area contributed by atoms with E-state index in [4.69, 9.17) is 9.47 Å². The Labute approximate surface area is 205 Å². The van der Waals surface area contributed by atoms with Gasteiger partial charge in [0.15, 0.2) is 16.7 Å². The maximum Gasteiger partial charge on any atom is 0.261 e. The molecule has 10 nitrogen and oxygen atoms in total. The third-order valence-electron chi connectivity index (χ3n) is 5.70. The number of anilines is 1. The van der Waals surface area contributed by atoms with Gasteiger partial charge in [-0.3, -0.25) is 14.0 Å². The highest BCUT2D eigenvalue weighted by molar-refractivity contribution is 7.99. The Balaban J connectivity index is 1.26. The van der Waals surface area contributed by atoms with Gasteiger partial charge in [0.25, 0.3) is 5.56 Å². The molecule has 1 aromatic carbocycles. The zero-order valence-corrected chi connectivity index (χ0v) is 20.4. The van der Waals surface area contributed by atoms with Crippen molar-refractivity contribution >= 4 is 29.0 Å². The molecule has 0 saturated heterocycles. The number of carbonyl (C=O) groups is 1. The SMILES string of the molecule is Cc1ccn2c(=O)c(Cc3nnc(SCC(=O)Nc4ccc5c(c4)OCCO5)n3C)c(C)nc2c1. The number of nitrogens with one attached hydrogen (secondary N) is 1. The first kappa shape index (κ1) is 22.9. The fourth-order valence-corrected chi connectivity index (χ4v) is 4.55. The Morgan fingerprint density at radius 2 is 1.91 bits per heavy atom. The molecule has 180 valence electrons. The second-order valence-corrected chi connectivity index (χ2v) is 9.19. The molecule has 1 amide bonds. The van der Waals surface area contributed by atoms with Crippen LogP contribution in [0.2, 0.25) is 0 Å². The van der Waals surface area contributed by atoms with Crippen LogP contribution >= 0.6 is 11.8 Å². The molecule has 0 spiro atoms. The summed E-state index contributed by atoms with van der Waals surface area (Å²) in [4.78, 5) is 30.1. The number of amides is 1. The molecule has 0 unspecified atom stereocenters. The molecule has 11 heteroatoms. The number of nitrogens with zero attached hydrogens (tertiary/aromatic N) is 5. The third kappa shape index (κ3) is 4.72. The van der Waals surface area contributed by atoms with Gasteiger partial charge in [0.1, 0.15) is 24.7 Å². The van der Waals surface area contributed by atoms with E-state index in [1.807, 2.05) is 33.0 Å². The molecule has 4 aromatic rings. The van der Waals surface area contributed by atoms with Crippen molar-refractivity contribution in [1.82, 2.24) is 24.1 Å². The van der Waals surface area contributed by atoms with E-state index in [9.17, 15) is 9.59 Å². The fraction of sp³-hybridized carbons (Fsp3) is 0.292. The van der Waals surface area contributed by atoms with Crippen LogP contribution in [0.4, 0.5) is 5.69 Å². The minimum Gasteiger partial charge on any atom is -0.486 e. The van der Waals surface area contributed by atoms with E-state index in [0.29, 0.717) is 64.7 Å². The predicted octanol–water partition coefficient (Wildman–Crippen LogP) is 2.53. The van der Waals surface area contributed by atoms with E-state index >= 15 is 0 Å². The van der Waals surface area contributed by atoms with Crippen LogP contribution < -0.4 is 20.3 Å². The molecular formula is C24H24N6O4S. The van der Waals surface area contributed by atoms with Crippen LogP contribution in [-0.4, -0.2) is 49.0 Å². The lowest BCUT2D eigenvalue weighted by molar-refractivity contribution is -0.113. The predicted molar refractivity (Wildman–Crippen MR) is 132 cm³/mol. The third-order valence-corrected chi connectivity index (χ3v) is 6.72. The van der Waals surface area contributed by atoms with E-state index in [1.54, 1.807) is 33.4 Å². The standard InChI is InChI=1S/C24H24N6O4S/c1-14-6-7-30-20(10-14)25-15(2)17(23(30)32)12-21-27-28-24(29(21)3)35-13-22(31)26-16-4-5-18-19(11-16)34-9-8-33-18/h4-7,10-11H,8-9,12-13H2,1-3H3,(H,26,31). The van der Waals surface area contributed by atoms with Gasteiger partial charge in [-0.25, -0.2) is 4.98 Å². The molecule has 0 atom stereocenters. The summed E-state index contributed by atoms with van der Waals surface area (Å²) < 4.78 is 14.4. The molecule has 1 N–H and O–H groups in total. The summed E-state index contributed by atoms with van der Waals surface area (Å²) in [6, 6.07) is 9.06. The van der Waals surface area contributed by atoms with Gasteiger partial charge in [0.2, 0.25) is 5.91 Å². The van der Waals surface area contributed by atoms with Crippen molar-refractivity contribution in [2.75, 3.05) is 24.3 Å². The summed E-state index contributed by atoms with van der Waals surface area (Å²) in [6.45, 7) is 4.79. The van der Waals surface area contributed by atoms with Crippen molar-refractivity contribution < 1.29 is 14.3 Å². The molecule has 1 aliphatic heterocycles. The van der Waals surface area contributed by atoms with Gasteiger partial charge in [0, 0.05) is 42.7 Å². The molecule has 0 aliphatic carbocycles. The van der Waals surface area contributed by atoms with Crippen LogP contribution in [0.5, 0.6) is 11.5 Å². The molecule has 5 rings (SSSR count). The second kappa shape index (κ2) is 9.41. The van der Waals surface area contributed by atoms with E-state index in [0.717, 1.165) is 5.56 Å². The number of aromatic nitrogens is 5. The minimum absolute atomic E-state index is 0.122. The molecule has 0 bridgehead atoms. The number of ether oxygens (including phenoxy) is 2. The summed E-state index contributed by atoms with van der Waals surface area (Å²) in [6.07, 6.45) is 2.03. The minimum atomic E-state index is -0.181. The van der Waals surface area contributed by atoms with Gasteiger partial charge in [-0.15, -0.1) is 10.2 Å². The van der Waals surface area contributed by atoms with Crippen LogP contribution in [0, 0.1) is 13.8 Å². The zero-order chi connectivity index (χ0) is 24.5. The van der Waals surface area contributed by atoms with Crippen LogP contribution in [-0.2, 0) is 18.3 Å². The molecular weight excluding hydrogens is 468 g/mol. The first-order chi connectivity index (χ1) is 16.9. The average Bonchev–Trinajstić information content (AvgIpc) is 3.19. The van der Waals surface area contributed by atoms with E-state index < -0.39 is 0 Å². The van der Waals surface area contributed by atoms with Crippen molar-refractivity contribution in [2.45, 2.75) is 25.4 Å². The monoisotopic (exact) mass is 492 g/mol. The number of thioether (sulfide) groups is 1. The maximum absolute atomic E-state index is 13.1. The van der Waals surface area contributed by atoms with Gasteiger partial charge >= 0.3 is 0 Å². The van der Waals surface area contributed by atoms with Crippen molar-refractivity contribution in [3.63, 3.8) is 0 Å². The van der Waals surface area contributed by atoms with Gasteiger partial charge < -0.3 is 19.4 Å². The summed E-state index contributed by atoms with van der Waals surface area (Å²) in [5.41, 5.74) is 3.40. The highest BCUT2D eigenvalue weighted by Gasteiger charge is 2.17. The molecule has 0 fully saturated rings. The summed E-state index contributed by atoms with van der Waals surface area (Å²) in [5, 5.41) is 11.9. The van der Waals surface area contributed by atoms with E-state index in [2.05, 4.69) is 20.5 Å². The average molecular weight is 493 g/mol. The molecule has 4 heterocycles. The van der Waals surface area contributed by atoms with Crippen LogP contribution in [0.1, 0.15) is 22.6 Å². The molecule has 3 aromatic heterocycles. The first-order valence-electron chi connectivity index (χ1n) is 11.1. The highest BCUT2D eigenvalue weighted by atomic mass is 32.2. The Morgan fingerprint density at radius 3 is 2.74 bits per heavy atom. The largest absolute Gasteiger partial charge is 0.486 e. The lowest BCUT2D eigenvalue weighted by Gasteiger charge is -2.18. The molecule has 0 saturated carbocycles. The van der Waals surface area contributed by atoms with Crippen LogP contribution in [0.15, 0.2) is 46.5 Å². The second-order valence-electron chi connectivity index (χ2n) is 8.24. The van der Waals surface area contributed by atoms with Crippen molar-refractivity contribution in [1.29, 1.82) is 0 Å².